The summed E-state index contributed by atoms with van der Waals surface area (Å²) in [6.45, 7) is 3.88. The lowest BCUT2D eigenvalue weighted by molar-refractivity contribution is -0.119. The van der Waals surface area contributed by atoms with Gasteiger partial charge in [-0.15, -0.1) is 11.8 Å². The molecule has 0 aliphatic heterocycles. The molecule has 2 rings (SSSR count). The van der Waals surface area contributed by atoms with Crippen molar-refractivity contribution in [2.75, 3.05) is 5.75 Å². The van der Waals surface area contributed by atoms with E-state index < -0.39 is 5.97 Å². The van der Waals surface area contributed by atoms with Gasteiger partial charge < -0.3 is 10.1 Å². The van der Waals surface area contributed by atoms with Crippen molar-refractivity contribution in [2.45, 2.75) is 31.4 Å². The standard InChI is InChI=1S/C20H20N2O3S/c1-14(2)22-19(23)13-26-18-9-4-3-8-17(18)20(24)25-12-16-7-5-6-15(10-16)11-21/h3-10,14H,12-13H2,1-2H3,(H,22,23). The van der Waals surface area contributed by atoms with E-state index in [-0.39, 0.29) is 24.3 Å². The highest BCUT2D eigenvalue weighted by Gasteiger charge is 2.14. The first-order valence-electron chi connectivity index (χ1n) is 8.17. The Labute approximate surface area is 157 Å². The highest BCUT2D eigenvalue weighted by Crippen LogP contribution is 2.23. The average Bonchev–Trinajstić information content (AvgIpc) is 2.64. The summed E-state index contributed by atoms with van der Waals surface area (Å²) in [4.78, 5) is 24.9. The van der Waals surface area contributed by atoms with Crippen molar-refractivity contribution < 1.29 is 14.3 Å². The van der Waals surface area contributed by atoms with E-state index in [2.05, 4.69) is 11.4 Å². The van der Waals surface area contributed by atoms with Gasteiger partial charge >= 0.3 is 5.97 Å². The second-order valence-electron chi connectivity index (χ2n) is 5.90. The first-order valence-corrected chi connectivity index (χ1v) is 9.15. The van der Waals surface area contributed by atoms with Crippen LogP contribution >= 0.6 is 11.8 Å². The fraction of sp³-hybridized carbons (Fsp3) is 0.250. The van der Waals surface area contributed by atoms with Gasteiger partial charge in [0.2, 0.25) is 5.91 Å². The molecule has 0 heterocycles. The van der Waals surface area contributed by atoms with Gasteiger partial charge in [0.1, 0.15) is 6.61 Å². The fourth-order valence-corrected chi connectivity index (χ4v) is 3.08. The quantitative estimate of drug-likeness (QED) is 0.597. The minimum absolute atomic E-state index is 0.0764. The topological polar surface area (TPSA) is 79.2 Å². The Bertz CT molecular complexity index is 828. The average molecular weight is 368 g/mol. The lowest BCUT2D eigenvalue weighted by atomic mass is 10.1. The zero-order valence-corrected chi connectivity index (χ0v) is 15.5. The molecule has 0 aliphatic carbocycles. The molecule has 2 aromatic carbocycles. The maximum absolute atomic E-state index is 12.4. The predicted octanol–water partition coefficient (Wildman–Crippen LogP) is 3.53. The number of nitrogens with one attached hydrogen (secondary N) is 1. The summed E-state index contributed by atoms with van der Waals surface area (Å²) in [7, 11) is 0. The molecule has 0 saturated heterocycles. The number of esters is 1. The van der Waals surface area contributed by atoms with Crippen molar-refractivity contribution in [3.63, 3.8) is 0 Å². The van der Waals surface area contributed by atoms with Crippen molar-refractivity contribution >= 4 is 23.6 Å². The number of carbonyl (C=O) groups excluding carboxylic acids is 2. The van der Waals surface area contributed by atoms with Gasteiger partial charge in [0.15, 0.2) is 0 Å². The van der Waals surface area contributed by atoms with E-state index in [9.17, 15) is 9.59 Å². The number of nitrogens with zero attached hydrogens (tertiary/aromatic N) is 1. The molecule has 0 radical (unpaired) electrons. The summed E-state index contributed by atoms with van der Waals surface area (Å²) >= 11 is 1.30. The highest BCUT2D eigenvalue weighted by atomic mass is 32.2. The minimum Gasteiger partial charge on any atom is -0.457 e. The molecule has 0 aromatic heterocycles. The Morgan fingerprint density at radius 2 is 1.96 bits per heavy atom. The zero-order valence-electron chi connectivity index (χ0n) is 14.7. The normalized spacial score (nSPS) is 10.2. The molecule has 0 atom stereocenters. The van der Waals surface area contributed by atoms with Gasteiger partial charge in [0, 0.05) is 10.9 Å². The van der Waals surface area contributed by atoms with Gasteiger partial charge in [-0.3, -0.25) is 4.79 Å². The van der Waals surface area contributed by atoms with Gasteiger partial charge in [0.25, 0.3) is 0 Å². The van der Waals surface area contributed by atoms with Crippen LogP contribution in [0, 0.1) is 11.3 Å². The van der Waals surface area contributed by atoms with Gasteiger partial charge in [-0.1, -0.05) is 24.3 Å². The number of nitriles is 1. The van der Waals surface area contributed by atoms with Crippen LogP contribution in [0.2, 0.25) is 0 Å². The highest BCUT2D eigenvalue weighted by molar-refractivity contribution is 8.00. The van der Waals surface area contributed by atoms with Crippen LogP contribution in [-0.4, -0.2) is 23.7 Å². The third-order valence-electron chi connectivity index (χ3n) is 3.34. The number of benzene rings is 2. The van der Waals surface area contributed by atoms with Gasteiger partial charge in [-0.05, 0) is 43.7 Å². The zero-order chi connectivity index (χ0) is 18.9. The van der Waals surface area contributed by atoms with Gasteiger partial charge in [0.05, 0.1) is 22.9 Å². The van der Waals surface area contributed by atoms with Crippen LogP contribution in [0.5, 0.6) is 0 Å². The van der Waals surface area contributed by atoms with E-state index in [4.69, 9.17) is 10.00 Å². The molecule has 0 bridgehead atoms. The second kappa shape index (κ2) is 9.64. The number of hydrogen-bond donors (Lipinski definition) is 1. The molecular weight excluding hydrogens is 348 g/mol. The van der Waals surface area contributed by atoms with E-state index in [1.165, 1.54) is 11.8 Å². The van der Waals surface area contributed by atoms with Crippen molar-refractivity contribution in [1.82, 2.24) is 5.32 Å². The predicted molar refractivity (Wildman–Crippen MR) is 101 cm³/mol. The molecule has 134 valence electrons. The van der Waals surface area contributed by atoms with E-state index in [1.807, 2.05) is 19.9 Å². The molecule has 26 heavy (non-hydrogen) atoms. The number of amides is 1. The Balaban J connectivity index is 2.00. The van der Waals surface area contributed by atoms with Crippen LogP contribution in [0.15, 0.2) is 53.4 Å². The summed E-state index contributed by atoms with van der Waals surface area (Å²) in [5.74, 6) is -0.312. The molecule has 5 nitrogen and oxygen atoms in total. The molecule has 0 saturated carbocycles. The van der Waals surface area contributed by atoms with Gasteiger partial charge in [-0.25, -0.2) is 4.79 Å². The molecule has 1 N–H and O–H groups in total. The third-order valence-corrected chi connectivity index (χ3v) is 4.41. The summed E-state index contributed by atoms with van der Waals surface area (Å²) < 4.78 is 5.36. The van der Waals surface area contributed by atoms with Crippen LogP contribution in [0.25, 0.3) is 0 Å². The molecule has 0 aliphatic rings. The van der Waals surface area contributed by atoms with Crippen LogP contribution in [0.1, 0.15) is 35.3 Å². The summed E-state index contributed by atoms with van der Waals surface area (Å²) in [6, 6.07) is 16.1. The number of thioether (sulfide) groups is 1. The molecule has 0 spiro atoms. The Hall–Kier alpha value is -2.78. The first kappa shape index (κ1) is 19.5. The summed E-state index contributed by atoms with van der Waals surface area (Å²) in [6.07, 6.45) is 0. The molecule has 1 amide bonds. The Morgan fingerprint density at radius 1 is 1.19 bits per heavy atom. The van der Waals surface area contributed by atoms with Crippen molar-refractivity contribution in [2.24, 2.45) is 0 Å². The van der Waals surface area contributed by atoms with Crippen LogP contribution in [0.4, 0.5) is 0 Å². The lowest BCUT2D eigenvalue weighted by Crippen LogP contribution is -2.31. The monoisotopic (exact) mass is 368 g/mol. The smallest absolute Gasteiger partial charge is 0.339 e. The molecular formula is C20H20N2O3S. The van der Waals surface area contributed by atoms with E-state index in [0.717, 1.165) is 5.56 Å². The summed E-state index contributed by atoms with van der Waals surface area (Å²) in [5, 5.41) is 11.7. The second-order valence-corrected chi connectivity index (χ2v) is 6.91. The first-order chi connectivity index (χ1) is 12.5. The number of rotatable bonds is 7. The van der Waals surface area contributed by atoms with E-state index >= 15 is 0 Å². The molecule has 0 unspecified atom stereocenters. The van der Waals surface area contributed by atoms with Crippen LogP contribution < -0.4 is 5.32 Å². The third kappa shape index (κ3) is 5.94. The molecule has 0 fully saturated rings. The maximum Gasteiger partial charge on any atom is 0.339 e. The number of ether oxygens (including phenoxy) is 1. The lowest BCUT2D eigenvalue weighted by Gasteiger charge is -2.11. The minimum atomic E-state index is -0.459. The van der Waals surface area contributed by atoms with E-state index in [0.29, 0.717) is 16.0 Å². The Kier molecular flexibility index (Phi) is 7.24. The van der Waals surface area contributed by atoms with Gasteiger partial charge in [-0.2, -0.15) is 5.26 Å². The van der Waals surface area contributed by atoms with E-state index in [1.54, 1.807) is 42.5 Å². The SMILES string of the molecule is CC(C)NC(=O)CSc1ccccc1C(=O)OCc1cccc(C#N)c1. The van der Waals surface area contributed by atoms with Crippen molar-refractivity contribution in [1.29, 1.82) is 5.26 Å². The van der Waals surface area contributed by atoms with Crippen molar-refractivity contribution in [3.8, 4) is 6.07 Å². The number of hydrogen-bond acceptors (Lipinski definition) is 5. The fourth-order valence-electron chi connectivity index (χ4n) is 2.23. The van der Waals surface area contributed by atoms with Crippen LogP contribution in [0.3, 0.4) is 0 Å². The molecule has 6 heteroatoms. The van der Waals surface area contributed by atoms with Crippen LogP contribution in [-0.2, 0) is 16.1 Å². The summed E-state index contributed by atoms with van der Waals surface area (Å²) in [5.41, 5.74) is 1.69. The largest absolute Gasteiger partial charge is 0.457 e. The number of carbonyl (C=O) groups is 2. The van der Waals surface area contributed by atoms with Crippen molar-refractivity contribution in [3.05, 3.63) is 65.2 Å². The maximum atomic E-state index is 12.4. The Morgan fingerprint density at radius 3 is 2.69 bits per heavy atom. The molecule has 2 aromatic rings.